The number of thiazole rings is 1. The smallest absolute Gasteiger partial charge is 0.321 e. The second kappa shape index (κ2) is 10.0. The summed E-state index contributed by atoms with van der Waals surface area (Å²) in [6.07, 6.45) is 3.35. The van der Waals surface area contributed by atoms with Gasteiger partial charge in [0.1, 0.15) is 4.88 Å². The van der Waals surface area contributed by atoms with Crippen LogP contribution in [0.5, 0.6) is 0 Å². The first-order valence-electron chi connectivity index (χ1n) is 9.97. The van der Waals surface area contributed by atoms with E-state index < -0.39 is 6.03 Å². The van der Waals surface area contributed by atoms with Gasteiger partial charge in [-0.15, -0.1) is 0 Å². The monoisotopic (exact) mass is 422 g/mol. The van der Waals surface area contributed by atoms with Crippen molar-refractivity contribution in [3.05, 3.63) is 70.2 Å². The highest BCUT2D eigenvalue weighted by Crippen LogP contribution is 2.24. The molecule has 3 rings (SSSR count). The summed E-state index contributed by atoms with van der Waals surface area (Å²) in [7, 11) is 0. The van der Waals surface area contributed by atoms with E-state index in [1.807, 2.05) is 55.5 Å². The fourth-order valence-corrected chi connectivity index (χ4v) is 3.82. The number of anilines is 3. The van der Waals surface area contributed by atoms with E-state index in [4.69, 9.17) is 0 Å². The largest absolute Gasteiger partial charge is 0.325 e. The number of amides is 3. The van der Waals surface area contributed by atoms with E-state index >= 15 is 0 Å². The van der Waals surface area contributed by atoms with Crippen LogP contribution in [0.25, 0.3) is 0 Å². The predicted molar refractivity (Wildman–Crippen MR) is 124 cm³/mol. The van der Waals surface area contributed by atoms with Crippen LogP contribution in [-0.2, 0) is 6.42 Å². The minimum absolute atomic E-state index is 0.238. The average Bonchev–Trinajstić information content (AvgIpc) is 3.07. The number of aromatic nitrogens is 1. The molecule has 1 heterocycles. The van der Waals surface area contributed by atoms with Gasteiger partial charge in [-0.05, 0) is 62.1 Å². The zero-order valence-electron chi connectivity index (χ0n) is 17.4. The fourth-order valence-electron chi connectivity index (χ4n) is 2.97. The number of benzene rings is 2. The van der Waals surface area contributed by atoms with Crippen LogP contribution >= 0.6 is 11.3 Å². The predicted octanol–water partition coefficient (Wildman–Crippen LogP) is 6.00. The minimum Gasteiger partial charge on any atom is -0.321 e. The number of nitrogens with one attached hydrogen (secondary N) is 3. The standard InChI is InChI=1S/C23H26N4O2S/c1-4-5-8-17-10-12-18(13-11-17)25-21(28)20-16(3)24-23(30-20)27-22(29)26-19-9-6-7-15(2)14-19/h6-7,9-14H,4-5,8H2,1-3H3,(H,25,28)(H2,24,26,27,29). The van der Waals surface area contributed by atoms with E-state index in [2.05, 4.69) is 27.9 Å². The third-order valence-corrected chi connectivity index (χ3v) is 5.60. The number of nitrogens with zero attached hydrogens (tertiary/aromatic N) is 1. The Hall–Kier alpha value is -3.19. The lowest BCUT2D eigenvalue weighted by Crippen LogP contribution is -2.19. The highest BCUT2D eigenvalue weighted by atomic mass is 32.1. The molecule has 0 aliphatic rings. The Labute approximate surface area is 180 Å². The van der Waals surface area contributed by atoms with Crippen molar-refractivity contribution < 1.29 is 9.59 Å². The molecule has 3 amide bonds. The Morgan fingerprint density at radius 3 is 2.43 bits per heavy atom. The Bertz CT molecular complexity index is 1030. The molecule has 0 radical (unpaired) electrons. The van der Waals surface area contributed by atoms with Gasteiger partial charge in [0.15, 0.2) is 5.13 Å². The summed E-state index contributed by atoms with van der Waals surface area (Å²) in [6.45, 7) is 5.88. The first-order valence-corrected chi connectivity index (χ1v) is 10.8. The maximum Gasteiger partial charge on any atom is 0.325 e. The fraction of sp³-hybridized carbons (Fsp3) is 0.261. The molecule has 6 nitrogen and oxygen atoms in total. The normalized spacial score (nSPS) is 10.5. The molecule has 3 N–H and O–H groups in total. The van der Waals surface area contributed by atoms with Gasteiger partial charge in [-0.2, -0.15) is 0 Å². The van der Waals surface area contributed by atoms with Crippen LogP contribution in [0.15, 0.2) is 48.5 Å². The lowest BCUT2D eigenvalue weighted by atomic mass is 10.1. The topological polar surface area (TPSA) is 83.1 Å². The van der Waals surface area contributed by atoms with Crippen molar-refractivity contribution >= 4 is 39.8 Å². The summed E-state index contributed by atoms with van der Waals surface area (Å²) in [6, 6.07) is 15.0. The van der Waals surface area contributed by atoms with Crippen LogP contribution in [0.3, 0.4) is 0 Å². The molecule has 0 spiro atoms. The molecule has 156 valence electrons. The first kappa shape index (κ1) is 21.5. The number of aryl methyl sites for hydroxylation is 3. The molecule has 0 saturated carbocycles. The summed E-state index contributed by atoms with van der Waals surface area (Å²) in [5.74, 6) is -0.238. The molecular formula is C23H26N4O2S. The number of hydrogen-bond donors (Lipinski definition) is 3. The van der Waals surface area contributed by atoms with Crippen molar-refractivity contribution in [1.82, 2.24) is 4.98 Å². The maximum atomic E-state index is 12.7. The van der Waals surface area contributed by atoms with Crippen LogP contribution in [-0.4, -0.2) is 16.9 Å². The van der Waals surface area contributed by atoms with E-state index in [1.54, 1.807) is 6.92 Å². The summed E-state index contributed by atoms with van der Waals surface area (Å²) < 4.78 is 0. The van der Waals surface area contributed by atoms with Gasteiger partial charge in [0, 0.05) is 11.4 Å². The van der Waals surface area contributed by atoms with Gasteiger partial charge in [0.05, 0.1) is 5.69 Å². The molecule has 0 fully saturated rings. The summed E-state index contributed by atoms with van der Waals surface area (Å²) in [5.41, 5.74) is 4.31. The molecule has 0 saturated heterocycles. The highest BCUT2D eigenvalue weighted by molar-refractivity contribution is 7.17. The van der Waals surface area contributed by atoms with Crippen LogP contribution in [0, 0.1) is 13.8 Å². The van der Waals surface area contributed by atoms with E-state index in [9.17, 15) is 9.59 Å². The number of unbranched alkanes of at least 4 members (excludes halogenated alkanes) is 1. The zero-order chi connectivity index (χ0) is 21.5. The van der Waals surface area contributed by atoms with E-state index in [0.717, 1.165) is 41.9 Å². The molecule has 0 atom stereocenters. The van der Waals surface area contributed by atoms with Gasteiger partial charge in [-0.25, -0.2) is 9.78 Å². The van der Waals surface area contributed by atoms with Gasteiger partial charge in [0.25, 0.3) is 5.91 Å². The summed E-state index contributed by atoms with van der Waals surface area (Å²) in [5, 5.41) is 8.73. The second-order valence-corrected chi connectivity index (χ2v) is 8.14. The van der Waals surface area contributed by atoms with Crippen LogP contribution < -0.4 is 16.0 Å². The van der Waals surface area contributed by atoms with Gasteiger partial charge in [-0.3, -0.25) is 10.1 Å². The lowest BCUT2D eigenvalue weighted by molar-refractivity contribution is 0.103. The van der Waals surface area contributed by atoms with Crippen molar-refractivity contribution in [2.24, 2.45) is 0 Å². The van der Waals surface area contributed by atoms with Crippen LogP contribution in [0.4, 0.5) is 21.3 Å². The van der Waals surface area contributed by atoms with Gasteiger partial charge in [-0.1, -0.05) is 48.9 Å². The Morgan fingerprint density at radius 2 is 1.73 bits per heavy atom. The molecule has 3 aromatic rings. The molecule has 1 aromatic heterocycles. The van der Waals surface area contributed by atoms with E-state index in [0.29, 0.717) is 21.4 Å². The van der Waals surface area contributed by atoms with Gasteiger partial charge < -0.3 is 10.6 Å². The zero-order valence-corrected chi connectivity index (χ0v) is 18.2. The Balaban J connectivity index is 1.60. The van der Waals surface area contributed by atoms with Crippen LogP contribution in [0.1, 0.15) is 46.3 Å². The van der Waals surface area contributed by atoms with Crippen molar-refractivity contribution in [2.45, 2.75) is 40.0 Å². The Kier molecular flexibility index (Phi) is 7.19. The number of carbonyl (C=O) groups excluding carboxylic acids is 2. The average molecular weight is 423 g/mol. The van der Waals surface area contributed by atoms with Gasteiger partial charge in [0.2, 0.25) is 0 Å². The van der Waals surface area contributed by atoms with Crippen molar-refractivity contribution in [1.29, 1.82) is 0 Å². The van der Waals surface area contributed by atoms with Crippen LogP contribution in [0.2, 0.25) is 0 Å². The van der Waals surface area contributed by atoms with Gasteiger partial charge >= 0.3 is 6.03 Å². The highest BCUT2D eigenvalue weighted by Gasteiger charge is 2.17. The third-order valence-electron chi connectivity index (χ3n) is 4.53. The molecule has 0 unspecified atom stereocenters. The first-order chi connectivity index (χ1) is 14.4. The molecular weight excluding hydrogens is 396 g/mol. The van der Waals surface area contributed by atoms with Crippen molar-refractivity contribution in [2.75, 3.05) is 16.0 Å². The number of urea groups is 1. The Morgan fingerprint density at radius 1 is 0.967 bits per heavy atom. The third kappa shape index (κ3) is 5.90. The summed E-state index contributed by atoms with van der Waals surface area (Å²) in [4.78, 5) is 29.7. The van der Waals surface area contributed by atoms with E-state index in [-0.39, 0.29) is 5.91 Å². The quantitative estimate of drug-likeness (QED) is 0.437. The molecule has 0 aliphatic heterocycles. The second-order valence-electron chi connectivity index (χ2n) is 7.14. The van der Waals surface area contributed by atoms with Crippen molar-refractivity contribution in [3.8, 4) is 0 Å². The maximum absolute atomic E-state index is 12.7. The number of rotatable bonds is 7. The SMILES string of the molecule is CCCCc1ccc(NC(=O)c2sc(NC(=O)Nc3cccc(C)c3)nc2C)cc1. The lowest BCUT2D eigenvalue weighted by Gasteiger charge is -2.06. The van der Waals surface area contributed by atoms with E-state index in [1.165, 1.54) is 5.56 Å². The number of carbonyl (C=O) groups is 2. The van der Waals surface area contributed by atoms with Crippen molar-refractivity contribution in [3.63, 3.8) is 0 Å². The summed E-state index contributed by atoms with van der Waals surface area (Å²) >= 11 is 1.15. The molecule has 0 bridgehead atoms. The molecule has 2 aromatic carbocycles. The number of hydrogen-bond acceptors (Lipinski definition) is 4. The molecule has 7 heteroatoms. The molecule has 30 heavy (non-hydrogen) atoms. The molecule has 0 aliphatic carbocycles. The minimum atomic E-state index is -0.399.